The van der Waals surface area contributed by atoms with Gasteiger partial charge in [0.2, 0.25) is 0 Å². The lowest BCUT2D eigenvalue weighted by Gasteiger charge is -2.39. The van der Waals surface area contributed by atoms with E-state index in [1.807, 2.05) is 25.1 Å². The first-order valence-electron chi connectivity index (χ1n) is 8.93. The quantitative estimate of drug-likeness (QED) is 0.769. The van der Waals surface area contributed by atoms with Crippen LogP contribution >= 0.6 is 11.6 Å². The van der Waals surface area contributed by atoms with Gasteiger partial charge in [0.25, 0.3) is 5.91 Å². The highest BCUT2D eigenvalue weighted by molar-refractivity contribution is 6.45. The molecule has 1 saturated heterocycles. The average Bonchev–Trinajstić information content (AvgIpc) is 2.66. The second kappa shape index (κ2) is 7.87. The molecule has 1 amide bonds. The average molecular weight is 393 g/mol. The van der Waals surface area contributed by atoms with Crippen molar-refractivity contribution < 1.29 is 4.79 Å². The maximum atomic E-state index is 12.8. The number of hydrogen-bond acceptors (Lipinski definition) is 4. The summed E-state index contributed by atoms with van der Waals surface area (Å²) < 4.78 is 0. The third-order valence-electron chi connectivity index (χ3n) is 5.02. The number of carbonyl (C=O) groups excluding carboxylic acids is 1. The predicted octanol–water partition coefficient (Wildman–Crippen LogP) is 4.01. The fourth-order valence-electron chi connectivity index (χ4n) is 3.23. The maximum absolute atomic E-state index is 12.8. The standard InChI is InChI=1S/C22H21ClN4O/c1-13-3-6-17(9-19(13)21(26)20(23)14(2)25)22(28)27-11-18(12-27)16-7-4-15(10-24)5-8-16/h3-9,18,25H,11-12,26H2,1-2H3/b21-20+,25-14?. The molecule has 1 aliphatic heterocycles. The predicted molar refractivity (Wildman–Crippen MR) is 111 cm³/mol. The first-order chi connectivity index (χ1) is 13.3. The minimum atomic E-state index is -0.0540. The summed E-state index contributed by atoms with van der Waals surface area (Å²) in [4.78, 5) is 14.6. The van der Waals surface area contributed by atoms with Crippen molar-refractivity contribution in [3.05, 3.63) is 75.3 Å². The van der Waals surface area contributed by atoms with Crippen molar-refractivity contribution in [2.75, 3.05) is 13.1 Å². The van der Waals surface area contributed by atoms with E-state index in [1.54, 1.807) is 36.1 Å². The minimum absolute atomic E-state index is 0.0540. The van der Waals surface area contributed by atoms with E-state index in [1.165, 1.54) is 0 Å². The summed E-state index contributed by atoms with van der Waals surface area (Å²) in [5.41, 5.74) is 10.5. The lowest BCUT2D eigenvalue weighted by atomic mass is 9.90. The molecule has 0 aromatic heterocycles. The lowest BCUT2D eigenvalue weighted by molar-refractivity contribution is 0.0602. The molecule has 1 fully saturated rings. The van der Waals surface area contributed by atoms with Crippen LogP contribution in [0.3, 0.4) is 0 Å². The van der Waals surface area contributed by atoms with Gasteiger partial charge in [0.1, 0.15) is 0 Å². The van der Waals surface area contributed by atoms with E-state index in [0.29, 0.717) is 35.5 Å². The van der Waals surface area contributed by atoms with E-state index in [2.05, 4.69) is 6.07 Å². The van der Waals surface area contributed by atoms with Crippen LogP contribution in [0.15, 0.2) is 47.5 Å². The van der Waals surface area contributed by atoms with E-state index >= 15 is 0 Å². The first kappa shape index (κ1) is 19.7. The molecule has 0 unspecified atom stereocenters. The van der Waals surface area contributed by atoms with Crippen molar-refractivity contribution in [3.8, 4) is 6.07 Å². The lowest BCUT2D eigenvalue weighted by Crippen LogP contribution is -2.48. The number of hydrogen-bond donors (Lipinski definition) is 2. The Morgan fingerprint density at radius 1 is 1.25 bits per heavy atom. The van der Waals surface area contributed by atoms with Crippen molar-refractivity contribution >= 4 is 28.9 Å². The molecule has 0 spiro atoms. The Balaban J connectivity index is 1.75. The third kappa shape index (κ3) is 3.78. The molecule has 0 saturated carbocycles. The molecule has 2 aromatic rings. The van der Waals surface area contributed by atoms with Gasteiger partial charge in [-0.2, -0.15) is 5.26 Å². The zero-order valence-electron chi connectivity index (χ0n) is 15.8. The van der Waals surface area contributed by atoms with Gasteiger partial charge in [0.05, 0.1) is 22.4 Å². The molecule has 0 bridgehead atoms. The Morgan fingerprint density at radius 2 is 1.89 bits per heavy atom. The number of nitrogens with one attached hydrogen (secondary N) is 1. The van der Waals surface area contributed by atoms with Gasteiger partial charge >= 0.3 is 0 Å². The molecular formula is C22H21ClN4O. The van der Waals surface area contributed by atoms with Crippen LogP contribution in [-0.4, -0.2) is 29.6 Å². The number of amides is 1. The monoisotopic (exact) mass is 392 g/mol. The molecule has 1 aliphatic rings. The van der Waals surface area contributed by atoms with E-state index < -0.39 is 0 Å². The number of carbonyl (C=O) groups is 1. The van der Waals surface area contributed by atoms with Crippen molar-refractivity contribution in [1.29, 1.82) is 10.7 Å². The Morgan fingerprint density at radius 3 is 2.46 bits per heavy atom. The van der Waals surface area contributed by atoms with E-state index in [4.69, 9.17) is 28.0 Å². The summed E-state index contributed by atoms with van der Waals surface area (Å²) in [5, 5.41) is 16.7. The minimum Gasteiger partial charge on any atom is -0.397 e. The second-order valence-electron chi connectivity index (χ2n) is 7.02. The van der Waals surface area contributed by atoms with Crippen LogP contribution in [0.4, 0.5) is 0 Å². The number of nitrogens with zero attached hydrogens (tertiary/aromatic N) is 2. The van der Waals surface area contributed by atoms with Crippen molar-refractivity contribution in [2.24, 2.45) is 5.73 Å². The van der Waals surface area contributed by atoms with Crippen LogP contribution in [-0.2, 0) is 0 Å². The van der Waals surface area contributed by atoms with Gasteiger partial charge in [-0.1, -0.05) is 29.8 Å². The second-order valence-corrected chi connectivity index (χ2v) is 7.40. The molecule has 2 aromatic carbocycles. The van der Waals surface area contributed by atoms with Gasteiger partial charge in [-0.15, -0.1) is 0 Å². The molecule has 142 valence electrons. The molecule has 28 heavy (non-hydrogen) atoms. The van der Waals surface area contributed by atoms with Crippen LogP contribution in [0.2, 0.25) is 0 Å². The van der Waals surface area contributed by atoms with Crippen LogP contribution < -0.4 is 5.73 Å². The van der Waals surface area contributed by atoms with Gasteiger partial charge in [0, 0.05) is 35.8 Å². The van der Waals surface area contributed by atoms with Crippen molar-refractivity contribution in [2.45, 2.75) is 19.8 Å². The zero-order valence-corrected chi connectivity index (χ0v) is 16.5. The normalized spacial score (nSPS) is 14.7. The van der Waals surface area contributed by atoms with E-state index in [9.17, 15) is 4.79 Å². The fourth-order valence-corrected chi connectivity index (χ4v) is 3.33. The van der Waals surface area contributed by atoms with E-state index in [0.717, 1.165) is 11.1 Å². The largest absolute Gasteiger partial charge is 0.397 e. The number of aryl methyl sites for hydroxylation is 1. The number of nitrogens with two attached hydrogens (primary N) is 1. The Hall–Kier alpha value is -3.10. The summed E-state index contributed by atoms with van der Waals surface area (Å²) in [6.45, 7) is 4.74. The first-order valence-corrected chi connectivity index (χ1v) is 9.30. The molecule has 3 N–H and O–H groups in total. The number of allylic oxidation sites excluding steroid dienone is 1. The topological polar surface area (TPSA) is 94.0 Å². The Bertz CT molecular complexity index is 1010. The molecule has 0 aliphatic carbocycles. The number of nitriles is 1. The van der Waals surface area contributed by atoms with Gasteiger partial charge < -0.3 is 16.0 Å². The number of halogens is 1. The molecular weight excluding hydrogens is 372 g/mol. The molecule has 0 atom stereocenters. The van der Waals surface area contributed by atoms with Crippen LogP contribution in [0.1, 0.15) is 45.5 Å². The maximum Gasteiger partial charge on any atom is 0.253 e. The molecule has 3 rings (SSSR count). The summed E-state index contributed by atoms with van der Waals surface area (Å²) in [6.07, 6.45) is 0. The smallest absolute Gasteiger partial charge is 0.253 e. The molecule has 5 nitrogen and oxygen atoms in total. The van der Waals surface area contributed by atoms with Crippen molar-refractivity contribution in [3.63, 3.8) is 0 Å². The Labute approximate surface area is 169 Å². The highest BCUT2D eigenvalue weighted by atomic mass is 35.5. The summed E-state index contributed by atoms with van der Waals surface area (Å²) in [6, 6.07) is 15.0. The Kier molecular flexibility index (Phi) is 5.53. The third-order valence-corrected chi connectivity index (χ3v) is 5.51. The van der Waals surface area contributed by atoms with Gasteiger partial charge in [-0.3, -0.25) is 4.79 Å². The molecule has 6 heteroatoms. The van der Waals surface area contributed by atoms with Gasteiger partial charge in [-0.05, 0) is 49.2 Å². The number of benzene rings is 2. The highest BCUT2D eigenvalue weighted by Crippen LogP contribution is 2.29. The molecule has 1 heterocycles. The van der Waals surface area contributed by atoms with E-state index in [-0.39, 0.29) is 22.6 Å². The van der Waals surface area contributed by atoms with Crippen LogP contribution in [0, 0.1) is 23.7 Å². The van der Waals surface area contributed by atoms with Crippen molar-refractivity contribution in [1.82, 2.24) is 4.90 Å². The molecule has 0 radical (unpaired) electrons. The SMILES string of the molecule is CC(=N)/C(Cl)=C(\N)c1cc(C(=O)N2CC(c3ccc(C#N)cc3)C2)ccc1C. The highest BCUT2D eigenvalue weighted by Gasteiger charge is 2.32. The summed E-state index contributed by atoms with van der Waals surface area (Å²) in [5.74, 6) is 0.225. The van der Waals surface area contributed by atoms with Gasteiger partial charge in [0.15, 0.2) is 0 Å². The summed E-state index contributed by atoms with van der Waals surface area (Å²) >= 11 is 6.13. The summed E-state index contributed by atoms with van der Waals surface area (Å²) in [7, 11) is 0. The fraction of sp³-hybridized carbons (Fsp3) is 0.227. The van der Waals surface area contributed by atoms with Crippen LogP contribution in [0.5, 0.6) is 0 Å². The zero-order chi connectivity index (χ0) is 20.4. The van der Waals surface area contributed by atoms with Gasteiger partial charge in [-0.25, -0.2) is 0 Å². The number of likely N-dealkylation sites (tertiary alicyclic amines) is 1. The van der Waals surface area contributed by atoms with Crippen LogP contribution in [0.25, 0.3) is 5.70 Å². The number of rotatable bonds is 4.